The van der Waals surface area contributed by atoms with Crippen molar-refractivity contribution in [1.29, 1.82) is 0 Å². The number of benzene rings is 2. The van der Waals surface area contributed by atoms with Crippen molar-refractivity contribution < 1.29 is 18.7 Å². The highest BCUT2D eigenvalue weighted by molar-refractivity contribution is 6.48. The zero-order valence-corrected chi connectivity index (χ0v) is 13.4. The molecule has 126 valence electrons. The Hall–Kier alpha value is -2.60. The lowest BCUT2D eigenvalue weighted by Crippen LogP contribution is -2.41. The summed E-state index contributed by atoms with van der Waals surface area (Å²) in [5.41, 5.74) is -0.176. The first-order chi connectivity index (χ1) is 11.3. The minimum Gasteiger partial charge on any atom is -0.382 e. The van der Waals surface area contributed by atoms with Crippen LogP contribution in [0.25, 0.3) is 0 Å². The van der Waals surface area contributed by atoms with Gasteiger partial charge in [0.2, 0.25) is 0 Å². The molecule has 2 aromatic rings. The summed E-state index contributed by atoms with van der Waals surface area (Å²) in [7, 11) is 3.06. The molecule has 0 radical (unpaired) electrons. The van der Waals surface area contributed by atoms with Crippen molar-refractivity contribution in [3.63, 3.8) is 0 Å². The molecule has 0 fully saturated rings. The fourth-order valence-corrected chi connectivity index (χ4v) is 2.16. The first-order valence-electron chi connectivity index (χ1n) is 7.31. The van der Waals surface area contributed by atoms with E-state index >= 15 is 0 Å². The Morgan fingerprint density at radius 3 is 2.04 bits per heavy atom. The van der Waals surface area contributed by atoms with Crippen molar-refractivity contribution >= 4 is 11.5 Å². The minimum atomic E-state index is -4.01. The number of hydrazone groups is 1. The molecule has 6 heteroatoms. The lowest BCUT2D eigenvalue weighted by molar-refractivity contribution is -0.154. The Balaban J connectivity index is 2.42. The zero-order valence-electron chi connectivity index (χ0n) is 13.4. The third-order valence-electron chi connectivity index (χ3n) is 3.32. The van der Waals surface area contributed by atoms with Crippen molar-refractivity contribution in [2.45, 2.75) is 12.0 Å². The van der Waals surface area contributed by atoms with Crippen LogP contribution < -0.4 is 0 Å². The summed E-state index contributed by atoms with van der Waals surface area (Å²) >= 11 is 0. The van der Waals surface area contributed by atoms with E-state index in [1.54, 1.807) is 24.3 Å². The molecule has 1 N–H and O–H groups in total. The van der Waals surface area contributed by atoms with Gasteiger partial charge in [0.05, 0.1) is 0 Å². The van der Waals surface area contributed by atoms with Crippen molar-refractivity contribution in [1.82, 2.24) is 5.01 Å². The number of aliphatic hydroxyl groups excluding tert-OH is 1. The maximum atomic E-state index is 14.6. The number of nitrogens with zero attached hydrogens (tertiary/aromatic N) is 2. The van der Waals surface area contributed by atoms with Gasteiger partial charge in [-0.25, -0.2) is 0 Å². The summed E-state index contributed by atoms with van der Waals surface area (Å²) in [6, 6.07) is 15.4. The van der Waals surface area contributed by atoms with Gasteiger partial charge >= 0.3 is 5.92 Å². The summed E-state index contributed by atoms with van der Waals surface area (Å²) in [5.74, 6) is -5.54. The van der Waals surface area contributed by atoms with E-state index in [1.807, 2.05) is 0 Å². The van der Waals surface area contributed by atoms with Gasteiger partial charge in [-0.2, -0.15) is 13.9 Å². The molecule has 1 unspecified atom stereocenters. The normalized spacial score (nSPS) is 13.5. The number of aliphatic hydroxyl groups is 1. The van der Waals surface area contributed by atoms with Crippen LogP contribution in [0.4, 0.5) is 8.78 Å². The first kappa shape index (κ1) is 17.7. The van der Waals surface area contributed by atoms with E-state index in [4.69, 9.17) is 0 Å². The average molecular weight is 332 g/mol. The van der Waals surface area contributed by atoms with Crippen LogP contribution in [0, 0.1) is 0 Å². The second kappa shape index (κ2) is 7.31. The molecule has 0 spiro atoms. The molecule has 0 saturated carbocycles. The molecule has 0 aliphatic carbocycles. The highest BCUT2D eigenvalue weighted by atomic mass is 19.3. The first-order valence-corrected chi connectivity index (χ1v) is 7.31. The molecule has 0 saturated heterocycles. The topological polar surface area (TPSA) is 52.9 Å². The SMILES string of the molecule is CN(C)/N=C(/C(=O)C(F)(F)C(O)c1ccccc1)c1ccccc1. The lowest BCUT2D eigenvalue weighted by Gasteiger charge is -2.23. The number of hydrogen-bond acceptors (Lipinski definition) is 4. The van der Waals surface area contributed by atoms with E-state index in [-0.39, 0.29) is 11.1 Å². The molecule has 0 aliphatic rings. The number of rotatable bonds is 6. The Labute approximate surface area is 139 Å². The molecule has 0 heterocycles. The number of ketones is 1. The number of carbonyl (C=O) groups is 1. The molecule has 4 nitrogen and oxygen atoms in total. The van der Waals surface area contributed by atoms with Gasteiger partial charge in [-0.05, 0) is 5.56 Å². The molecule has 2 aromatic carbocycles. The molecule has 0 aliphatic heterocycles. The molecule has 2 rings (SSSR count). The van der Waals surface area contributed by atoms with E-state index in [9.17, 15) is 18.7 Å². The van der Waals surface area contributed by atoms with Crippen LogP contribution in [0.5, 0.6) is 0 Å². The highest BCUT2D eigenvalue weighted by Gasteiger charge is 2.49. The molecule has 0 aromatic heterocycles. The van der Waals surface area contributed by atoms with Crippen LogP contribution in [-0.2, 0) is 4.79 Å². The third-order valence-corrected chi connectivity index (χ3v) is 3.32. The van der Waals surface area contributed by atoms with E-state index in [2.05, 4.69) is 5.10 Å². The quantitative estimate of drug-likeness (QED) is 0.654. The number of alkyl halides is 2. The van der Waals surface area contributed by atoms with E-state index in [0.717, 1.165) is 0 Å². The maximum absolute atomic E-state index is 14.6. The van der Waals surface area contributed by atoms with Crippen LogP contribution in [0.2, 0.25) is 0 Å². The Bertz CT molecular complexity index is 716. The predicted molar refractivity (Wildman–Crippen MR) is 88.0 cm³/mol. The fourth-order valence-electron chi connectivity index (χ4n) is 2.16. The monoisotopic (exact) mass is 332 g/mol. The van der Waals surface area contributed by atoms with Gasteiger partial charge in [0.15, 0.2) is 6.10 Å². The molecular weight excluding hydrogens is 314 g/mol. The number of halogens is 2. The largest absolute Gasteiger partial charge is 0.382 e. The van der Waals surface area contributed by atoms with Crippen molar-refractivity contribution in [3.05, 3.63) is 71.8 Å². The average Bonchev–Trinajstić information content (AvgIpc) is 2.59. The van der Waals surface area contributed by atoms with Crippen molar-refractivity contribution in [2.24, 2.45) is 5.10 Å². The van der Waals surface area contributed by atoms with Gasteiger partial charge in [0, 0.05) is 19.7 Å². The van der Waals surface area contributed by atoms with Gasteiger partial charge in [0.1, 0.15) is 5.71 Å². The Kier molecular flexibility index (Phi) is 5.41. The number of hydrogen-bond donors (Lipinski definition) is 1. The van der Waals surface area contributed by atoms with Gasteiger partial charge in [-0.1, -0.05) is 60.7 Å². The van der Waals surface area contributed by atoms with Gasteiger partial charge in [-0.15, -0.1) is 0 Å². The summed E-state index contributed by atoms with van der Waals surface area (Å²) in [6.07, 6.45) is -2.25. The fraction of sp³-hybridized carbons (Fsp3) is 0.222. The van der Waals surface area contributed by atoms with Gasteiger partial charge in [-0.3, -0.25) is 4.79 Å². The van der Waals surface area contributed by atoms with Gasteiger partial charge in [0.25, 0.3) is 5.78 Å². The van der Waals surface area contributed by atoms with E-state index in [1.165, 1.54) is 55.5 Å². The van der Waals surface area contributed by atoms with Crippen LogP contribution >= 0.6 is 0 Å². The maximum Gasteiger partial charge on any atom is 0.340 e. The van der Waals surface area contributed by atoms with E-state index < -0.39 is 23.5 Å². The lowest BCUT2D eigenvalue weighted by atomic mass is 9.95. The number of Topliss-reactive ketones (excluding diaryl/α,β-unsaturated/α-hetero) is 1. The summed E-state index contributed by atoms with van der Waals surface area (Å²) < 4.78 is 29.2. The smallest absolute Gasteiger partial charge is 0.340 e. The Morgan fingerprint density at radius 1 is 1.04 bits per heavy atom. The van der Waals surface area contributed by atoms with Crippen LogP contribution in [0.15, 0.2) is 65.8 Å². The summed E-state index contributed by atoms with van der Waals surface area (Å²) in [4.78, 5) is 12.4. The number of carbonyl (C=O) groups excluding carboxylic acids is 1. The minimum absolute atomic E-state index is 0.0342. The van der Waals surface area contributed by atoms with Gasteiger partial charge < -0.3 is 10.1 Å². The second-order valence-corrected chi connectivity index (χ2v) is 5.43. The molecule has 24 heavy (non-hydrogen) atoms. The van der Waals surface area contributed by atoms with Crippen LogP contribution in [-0.4, -0.2) is 41.6 Å². The van der Waals surface area contributed by atoms with E-state index in [0.29, 0.717) is 0 Å². The highest BCUT2D eigenvalue weighted by Crippen LogP contribution is 2.33. The predicted octanol–water partition coefficient (Wildman–Crippen LogP) is 2.89. The molecule has 0 bridgehead atoms. The van der Waals surface area contributed by atoms with Crippen LogP contribution in [0.1, 0.15) is 17.2 Å². The molecular formula is C18H18F2N2O2. The van der Waals surface area contributed by atoms with Crippen LogP contribution in [0.3, 0.4) is 0 Å². The summed E-state index contributed by atoms with van der Waals surface area (Å²) in [5, 5.41) is 15.2. The Morgan fingerprint density at radius 2 is 1.54 bits per heavy atom. The molecule has 0 amide bonds. The molecule has 1 atom stereocenters. The summed E-state index contributed by atoms with van der Waals surface area (Å²) in [6.45, 7) is 0. The van der Waals surface area contributed by atoms with Crippen molar-refractivity contribution in [2.75, 3.05) is 14.1 Å². The second-order valence-electron chi connectivity index (χ2n) is 5.43. The zero-order chi connectivity index (χ0) is 17.7. The van der Waals surface area contributed by atoms with Crippen molar-refractivity contribution in [3.8, 4) is 0 Å². The standard InChI is InChI=1S/C18H18F2N2O2/c1-22(2)21-15(13-9-5-3-6-10-13)17(24)18(19,20)16(23)14-11-7-4-8-12-14/h3-12,16,23H,1-2H3/b21-15+. The third kappa shape index (κ3) is 3.83.